The van der Waals surface area contributed by atoms with E-state index >= 15 is 0 Å². The average Bonchev–Trinajstić information content (AvgIpc) is 2.27. The minimum atomic E-state index is 0.496. The van der Waals surface area contributed by atoms with E-state index in [1.807, 2.05) is 0 Å². The number of imidazole rings is 1. The van der Waals surface area contributed by atoms with Gasteiger partial charge in [0.2, 0.25) is 0 Å². The molecule has 10 heavy (non-hydrogen) atoms. The molecule has 0 unspecified atom stereocenters. The summed E-state index contributed by atoms with van der Waals surface area (Å²) in [5.74, 6) is 0.496. The molecule has 0 spiro atoms. The quantitative estimate of drug-likeness (QED) is 0.565. The van der Waals surface area contributed by atoms with Gasteiger partial charge in [0.25, 0.3) is 0 Å². The molecule has 1 aliphatic heterocycles. The molecule has 2 rings (SSSR count). The van der Waals surface area contributed by atoms with E-state index in [1.54, 1.807) is 0 Å². The topological polar surface area (TPSA) is 37.9 Å². The van der Waals surface area contributed by atoms with Crippen LogP contribution in [0, 0.1) is 6.92 Å². The number of hydrogen-bond donors (Lipinski definition) is 1. The normalized spacial score (nSPS) is 16.9. The highest BCUT2D eigenvalue weighted by atomic mass is 16.5. The highest BCUT2D eigenvalue weighted by molar-refractivity contribution is 5.16. The molecule has 2 heterocycles. The summed E-state index contributed by atoms with van der Waals surface area (Å²) >= 11 is 0. The van der Waals surface area contributed by atoms with Crippen molar-refractivity contribution in [3.63, 3.8) is 0 Å². The lowest BCUT2D eigenvalue weighted by Crippen LogP contribution is -2.08. The maximum Gasteiger partial charge on any atom is 0.111 e. The molecule has 1 aromatic heterocycles. The van der Waals surface area contributed by atoms with Gasteiger partial charge in [-0.25, -0.2) is 4.98 Å². The number of aromatic nitrogens is 2. The predicted molar refractivity (Wildman–Crippen MR) is 35.3 cm³/mol. The Hall–Kier alpha value is -0.830. The fourth-order valence-electron chi connectivity index (χ4n) is 1.14. The van der Waals surface area contributed by atoms with Gasteiger partial charge in [-0.1, -0.05) is 0 Å². The van der Waals surface area contributed by atoms with Gasteiger partial charge in [-0.15, -0.1) is 0 Å². The number of ether oxygens (including phenoxy) is 1. The van der Waals surface area contributed by atoms with Crippen molar-refractivity contribution in [2.75, 3.05) is 6.61 Å². The van der Waals surface area contributed by atoms with Crippen LogP contribution < -0.4 is 0 Å². The first-order valence-electron chi connectivity index (χ1n) is 3.27. The summed E-state index contributed by atoms with van der Waals surface area (Å²) in [5.41, 5.74) is 2.09. The molecule has 0 bridgehead atoms. The summed E-state index contributed by atoms with van der Waals surface area (Å²) < 4.78 is 5.18. The minimum absolute atomic E-state index is 0.496. The van der Waals surface area contributed by atoms with Gasteiger partial charge in [0.05, 0.1) is 24.6 Å². The van der Waals surface area contributed by atoms with Gasteiger partial charge in [0.15, 0.2) is 0 Å². The SMILES string of the molecule is [CH]c1nc2c([nH]1)COCC2. The molecular weight excluding hydrogens is 128 g/mol. The highest BCUT2D eigenvalue weighted by Crippen LogP contribution is 2.12. The van der Waals surface area contributed by atoms with Crippen molar-refractivity contribution in [1.82, 2.24) is 9.97 Å². The van der Waals surface area contributed by atoms with E-state index in [0.29, 0.717) is 12.4 Å². The fourth-order valence-corrected chi connectivity index (χ4v) is 1.14. The zero-order chi connectivity index (χ0) is 6.97. The zero-order valence-electron chi connectivity index (χ0n) is 5.55. The average molecular weight is 136 g/mol. The summed E-state index contributed by atoms with van der Waals surface area (Å²) in [4.78, 5) is 7.03. The third-order valence-electron chi connectivity index (χ3n) is 1.61. The molecule has 0 aromatic carbocycles. The molecular formula is C7H8N2O. The van der Waals surface area contributed by atoms with Crippen LogP contribution in [0.15, 0.2) is 0 Å². The smallest absolute Gasteiger partial charge is 0.111 e. The molecule has 1 N–H and O–H groups in total. The third-order valence-corrected chi connectivity index (χ3v) is 1.61. The maximum absolute atomic E-state index is 5.44. The fraction of sp³-hybridized carbons (Fsp3) is 0.429. The molecule has 0 saturated carbocycles. The second-order valence-electron chi connectivity index (χ2n) is 2.35. The monoisotopic (exact) mass is 136 g/mol. The molecule has 52 valence electrons. The van der Waals surface area contributed by atoms with Crippen LogP contribution in [0.2, 0.25) is 0 Å². The van der Waals surface area contributed by atoms with Crippen LogP contribution in [0.25, 0.3) is 0 Å². The minimum Gasteiger partial charge on any atom is -0.375 e. The molecule has 0 fully saturated rings. The number of hydrogen-bond acceptors (Lipinski definition) is 2. The zero-order valence-corrected chi connectivity index (χ0v) is 5.55. The second-order valence-corrected chi connectivity index (χ2v) is 2.35. The van der Waals surface area contributed by atoms with E-state index in [9.17, 15) is 0 Å². The van der Waals surface area contributed by atoms with Crippen LogP contribution in [-0.4, -0.2) is 16.6 Å². The van der Waals surface area contributed by atoms with E-state index in [0.717, 1.165) is 24.4 Å². The molecule has 1 aromatic rings. The summed E-state index contributed by atoms with van der Waals surface area (Å²) in [6.07, 6.45) is 0.878. The Balaban J connectivity index is 2.41. The van der Waals surface area contributed by atoms with Crippen molar-refractivity contribution >= 4 is 0 Å². The first-order chi connectivity index (χ1) is 4.86. The van der Waals surface area contributed by atoms with Crippen LogP contribution in [-0.2, 0) is 17.8 Å². The van der Waals surface area contributed by atoms with Crippen LogP contribution in [0.5, 0.6) is 0 Å². The molecule has 3 nitrogen and oxygen atoms in total. The van der Waals surface area contributed by atoms with Crippen LogP contribution in [0.1, 0.15) is 17.2 Å². The summed E-state index contributed by atoms with van der Waals surface area (Å²) in [6, 6.07) is 0. The predicted octanol–water partition coefficient (Wildman–Crippen LogP) is 0.542. The number of aromatic amines is 1. The van der Waals surface area contributed by atoms with Crippen molar-refractivity contribution in [1.29, 1.82) is 0 Å². The van der Waals surface area contributed by atoms with E-state index in [4.69, 9.17) is 11.7 Å². The molecule has 1 aliphatic rings. The summed E-state index contributed by atoms with van der Waals surface area (Å²) in [7, 11) is 0. The molecule has 2 radical (unpaired) electrons. The van der Waals surface area contributed by atoms with Crippen molar-refractivity contribution in [2.24, 2.45) is 0 Å². The summed E-state index contributed by atoms with van der Waals surface area (Å²) in [6.45, 7) is 6.82. The van der Waals surface area contributed by atoms with Gasteiger partial charge < -0.3 is 9.72 Å². The number of rotatable bonds is 0. The lowest BCUT2D eigenvalue weighted by molar-refractivity contribution is 0.107. The van der Waals surface area contributed by atoms with Crippen molar-refractivity contribution in [3.05, 3.63) is 24.1 Å². The Morgan fingerprint density at radius 2 is 2.50 bits per heavy atom. The Bertz CT molecular complexity index is 218. The maximum atomic E-state index is 5.44. The van der Waals surface area contributed by atoms with Crippen molar-refractivity contribution in [2.45, 2.75) is 13.0 Å². The number of fused-ring (bicyclic) bond motifs is 1. The van der Waals surface area contributed by atoms with Gasteiger partial charge in [0.1, 0.15) is 5.82 Å². The Morgan fingerprint density at radius 3 is 3.30 bits per heavy atom. The Morgan fingerprint density at radius 1 is 1.60 bits per heavy atom. The molecule has 3 heteroatoms. The second kappa shape index (κ2) is 2.09. The molecule has 0 aliphatic carbocycles. The van der Waals surface area contributed by atoms with Crippen molar-refractivity contribution < 1.29 is 4.74 Å². The van der Waals surface area contributed by atoms with E-state index in [1.165, 1.54) is 0 Å². The summed E-state index contributed by atoms with van der Waals surface area (Å²) in [5, 5.41) is 0. The first-order valence-corrected chi connectivity index (χ1v) is 3.27. The largest absolute Gasteiger partial charge is 0.375 e. The number of H-pyrrole nitrogens is 1. The Kier molecular flexibility index (Phi) is 1.24. The molecule has 0 amide bonds. The van der Waals surface area contributed by atoms with E-state index in [2.05, 4.69) is 9.97 Å². The third kappa shape index (κ3) is 0.827. The Labute approximate surface area is 59.4 Å². The van der Waals surface area contributed by atoms with Gasteiger partial charge in [-0.2, -0.15) is 0 Å². The van der Waals surface area contributed by atoms with Crippen LogP contribution in [0.3, 0.4) is 0 Å². The van der Waals surface area contributed by atoms with Crippen LogP contribution in [0.4, 0.5) is 0 Å². The van der Waals surface area contributed by atoms with Crippen LogP contribution >= 0.6 is 0 Å². The lowest BCUT2D eigenvalue weighted by Gasteiger charge is -2.09. The van der Waals surface area contributed by atoms with Gasteiger partial charge in [-0.05, 0) is 0 Å². The van der Waals surface area contributed by atoms with Gasteiger partial charge in [0, 0.05) is 13.3 Å². The number of nitrogens with zero attached hydrogens (tertiary/aromatic N) is 1. The number of nitrogens with one attached hydrogen (secondary N) is 1. The lowest BCUT2D eigenvalue weighted by atomic mass is 10.2. The highest BCUT2D eigenvalue weighted by Gasteiger charge is 2.12. The molecule has 0 atom stereocenters. The first kappa shape index (κ1) is 5.92. The van der Waals surface area contributed by atoms with E-state index < -0.39 is 0 Å². The van der Waals surface area contributed by atoms with Crippen molar-refractivity contribution in [3.8, 4) is 0 Å². The standard InChI is InChI=1S/C7H8N2O/c1-5-8-6-2-3-10-4-7(6)9-5/h1H,2-4H2,(H,8,9). The van der Waals surface area contributed by atoms with Gasteiger partial charge >= 0.3 is 0 Å². The molecule has 0 saturated heterocycles. The van der Waals surface area contributed by atoms with Gasteiger partial charge in [-0.3, -0.25) is 0 Å². The van der Waals surface area contributed by atoms with E-state index in [-0.39, 0.29) is 0 Å².